The molecule has 0 saturated carbocycles. The lowest BCUT2D eigenvalue weighted by atomic mass is 11.0. The predicted molar refractivity (Wildman–Crippen MR) is 43.7 cm³/mol. The Bertz CT molecular complexity index is 304. The van der Waals surface area contributed by atoms with Gasteiger partial charge in [-0.15, -0.1) is 11.3 Å². The molecular formula is C4H7N3O2S2. The third kappa shape index (κ3) is 2.45. The maximum Gasteiger partial charge on any atom is 0.300 e. The first-order valence-electron chi connectivity index (χ1n) is 2.75. The molecule has 0 aliphatic rings. The largest absolute Gasteiger partial charge is 0.300 e. The molecule has 1 aromatic rings. The molecule has 0 bridgehead atoms. The first kappa shape index (κ1) is 8.44. The number of rotatable bonds is 3. The SMILES string of the molecule is CNS(=O)(=O)Nc1nccs1. The second kappa shape index (κ2) is 3.16. The number of aromatic nitrogens is 1. The average molecular weight is 193 g/mol. The number of thiazole rings is 1. The first-order valence-corrected chi connectivity index (χ1v) is 5.11. The Morgan fingerprint density at radius 2 is 2.36 bits per heavy atom. The molecule has 0 fully saturated rings. The van der Waals surface area contributed by atoms with Gasteiger partial charge in [0, 0.05) is 18.6 Å². The van der Waals surface area contributed by atoms with Gasteiger partial charge in [-0.05, 0) is 0 Å². The number of hydrogen-bond donors (Lipinski definition) is 2. The topological polar surface area (TPSA) is 71.1 Å². The van der Waals surface area contributed by atoms with Gasteiger partial charge in [-0.3, -0.25) is 0 Å². The zero-order valence-corrected chi connectivity index (χ0v) is 7.37. The predicted octanol–water partition coefficient (Wildman–Crippen LogP) is 0.0192. The van der Waals surface area contributed by atoms with Crippen molar-refractivity contribution in [2.75, 3.05) is 11.8 Å². The van der Waals surface area contributed by atoms with Crippen molar-refractivity contribution in [2.45, 2.75) is 0 Å². The summed E-state index contributed by atoms with van der Waals surface area (Å²) in [5, 5.41) is 2.05. The Morgan fingerprint density at radius 3 is 2.82 bits per heavy atom. The van der Waals surface area contributed by atoms with Crippen molar-refractivity contribution in [3.8, 4) is 0 Å². The highest BCUT2D eigenvalue weighted by atomic mass is 32.2. The van der Waals surface area contributed by atoms with Crippen LogP contribution in [-0.2, 0) is 10.2 Å². The minimum absolute atomic E-state index is 0.361. The van der Waals surface area contributed by atoms with Crippen molar-refractivity contribution in [1.82, 2.24) is 9.71 Å². The molecule has 1 heterocycles. The van der Waals surface area contributed by atoms with Gasteiger partial charge in [-0.1, -0.05) is 0 Å². The zero-order chi connectivity index (χ0) is 8.32. The molecule has 0 unspecified atom stereocenters. The van der Waals surface area contributed by atoms with Gasteiger partial charge in [0.1, 0.15) is 0 Å². The van der Waals surface area contributed by atoms with Crippen LogP contribution in [0.2, 0.25) is 0 Å². The minimum Gasteiger partial charge on any atom is -0.246 e. The quantitative estimate of drug-likeness (QED) is 0.711. The summed E-state index contributed by atoms with van der Waals surface area (Å²) in [6.07, 6.45) is 1.53. The second-order valence-corrected chi connectivity index (χ2v) is 4.16. The zero-order valence-electron chi connectivity index (χ0n) is 5.73. The first-order chi connectivity index (χ1) is 5.14. The maximum atomic E-state index is 10.8. The van der Waals surface area contributed by atoms with Gasteiger partial charge in [0.15, 0.2) is 5.13 Å². The van der Waals surface area contributed by atoms with Crippen LogP contribution < -0.4 is 9.44 Å². The van der Waals surface area contributed by atoms with Crippen LogP contribution in [0.5, 0.6) is 0 Å². The van der Waals surface area contributed by atoms with E-state index in [1.807, 2.05) is 0 Å². The van der Waals surface area contributed by atoms with Crippen molar-refractivity contribution in [3.05, 3.63) is 11.6 Å². The van der Waals surface area contributed by atoms with Crippen LogP contribution in [0.4, 0.5) is 5.13 Å². The van der Waals surface area contributed by atoms with Crippen molar-refractivity contribution in [2.24, 2.45) is 0 Å². The van der Waals surface area contributed by atoms with Gasteiger partial charge in [-0.25, -0.2) is 14.4 Å². The van der Waals surface area contributed by atoms with E-state index < -0.39 is 10.2 Å². The van der Waals surface area contributed by atoms with Gasteiger partial charge < -0.3 is 0 Å². The van der Waals surface area contributed by atoms with Gasteiger partial charge in [0.25, 0.3) is 0 Å². The fourth-order valence-corrected chi connectivity index (χ4v) is 1.72. The highest BCUT2D eigenvalue weighted by Crippen LogP contribution is 2.10. The Labute approximate surface area is 68.7 Å². The van der Waals surface area contributed by atoms with E-state index in [2.05, 4.69) is 14.4 Å². The van der Waals surface area contributed by atoms with Gasteiger partial charge in [-0.2, -0.15) is 8.42 Å². The Kier molecular flexibility index (Phi) is 2.42. The molecule has 0 aliphatic carbocycles. The van der Waals surface area contributed by atoms with Crippen molar-refractivity contribution >= 4 is 26.7 Å². The van der Waals surface area contributed by atoms with Crippen LogP contribution >= 0.6 is 11.3 Å². The summed E-state index contributed by atoms with van der Waals surface area (Å²) in [7, 11) is -2.07. The third-order valence-electron chi connectivity index (χ3n) is 0.923. The Hall–Kier alpha value is -0.660. The maximum absolute atomic E-state index is 10.8. The molecule has 2 N–H and O–H groups in total. The summed E-state index contributed by atoms with van der Waals surface area (Å²) < 4.78 is 25.9. The molecule has 5 nitrogen and oxygen atoms in total. The average Bonchev–Trinajstić information content (AvgIpc) is 2.39. The van der Waals surface area contributed by atoms with Crippen LogP contribution in [0, 0.1) is 0 Å². The fraction of sp³-hybridized carbons (Fsp3) is 0.250. The Balaban J connectivity index is 2.72. The molecule has 11 heavy (non-hydrogen) atoms. The molecule has 62 valence electrons. The van der Waals surface area contributed by atoms with E-state index in [0.717, 1.165) is 0 Å². The molecule has 0 atom stereocenters. The van der Waals surface area contributed by atoms with Crippen molar-refractivity contribution in [1.29, 1.82) is 0 Å². The van der Waals surface area contributed by atoms with Crippen LogP contribution in [0.25, 0.3) is 0 Å². The van der Waals surface area contributed by atoms with E-state index in [1.165, 1.54) is 24.6 Å². The van der Waals surface area contributed by atoms with Gasteiger partial charge in [0.2, 0.25) is 0 Å². The molecule has 0 amide bonds. The van der Waals surface area contributed by atoms with E-state index in [4.69, 9.17) is 0 Å². The van der Waals surface area contributed by atoms with Gasteiger partial charge in [0.05, 0.1) is 0 Å². The lowest BCUT2D eigenvalue weighted by Gasteiger charge is -2.00. The van der Waals surface area contributed by atoms with E-state index in [0.29, 0.717) is 5.13 Å². The lowest BCUT2D eigenvalue weighted by molar-refractivity contribution is 0.593. The highest BCUT2D eigenvalue weighted by molar-refractivity contribution is 7.91. The van der Waals surface area contributed by atoms with E-state index in [-0.39, 0.29) is 0 Å². The molecule has 1 rings (SSSR count). The summed E-state index contributed by atoms with van der Waals surface area (Å²) in [4.78, 5) is 3.74. The number of nitrogens with zero attached hydrogens (tertiary/aromatic N) is 1. The molecule has 1 aromatic heterocycles. The van der Waals surface area contributed by atoms with Crippen LogP contribution in [-0.4, -0.2) is 20.4 Å². The lowest BCUT2D eigenvalue weighted by Crippen LogP contribution is -2.26. The normalized spacial score (nSPS) is 11.4. The van der Waals surface area contributed by atoms with Crippen LogP contribution in [0.15, 0.2) is 11.6 Å². The molecule has 0 saturated heterocycles. The molecular weight excluding hydrogens is 186 g/mol. The summed E-state index contributed by atoms with van der Waals surface area (Å²) in [5.41, 5.74) is 0. The van der Waals surface area contributed by atoms with E-state index >= 15 is 0 Å². The minimum atomic E-state index is -3.39. The summed E-state index contributed by atoms with van der Waals surface area (Å²) in [6, 6.07) is 0. The van der Waals surface area contributed by atoms with Gasteiger partial charge >= 0.3 is 10.2 Å². The van der Waals surface area contributed by atoms with E-state index in [1.54, 1.807) is 5.38 Å². The van der Waals surface area contributed by atoms with Crippen molar-refractivity contribution in [3.63, 3.8) is 0 Å². The number of anilines is 1. The highest BCUT2D eigenvalue weighted by Gasteiger charge is 2.06. The molecule has 0 aliphatic heterocycles. The van der Waals surface area contributed by atoms with Crippen LogP contribution in [0.3, 0.4) is 0 Å². The summed E-state index contributed by atoms with van der Waals surface area (Å²) >= 11 is 1.22. The van der Waals surface area contributed by atoms with Crippen LogP contribution in [0.1, 0.15) is 0 Å². The second-order valence-electron chi connectivity index (χ2n) is 1.65. The number of nitrogens with one attached hydrogen (secondary N) is 2. The summed E-state index contributed by atoms with van der Waals surface area (Å²) in [5.74, 6) is 0. The third-order valence-corrected chi connectivity index (χ3v) is 2.74. The van der Waals surface area contributed by atoms with E-state index in [9.17, 15) is 8.42 Å². The molecule has 0 aromatic carbocycles. The monoisotopic (exact) mass is 193 g/mol. The molecule has 0 spiro atoms. The smallest absolute Gasteiger partial charge is 0.246 e. The van der Waals surface area contributed by atoms with Crippen molar-refractivity contribution < 1.29 is 8.42 Å². The molecule has 7 heteroatoms. The molecule has 0 radical (unpaired) electrons. The number of hydrogen-bond acceptors (Lipinski definition) is 4. The fourth-order valence-electron chi connectivity index (χ4n) is 0.440. The summed E-state index contributed by atoms with van der Waals surface area (Å²) in [6.45, 7) is 0. The Morgan fingerprint density at radius 1 is 1.64 bits per heavy atom. The standard InChI is InChI=1S/C4H7N3O2S2/c1-5-11(8,9)7-4-6-2-3-10-4/h2-3,5H,1H3,(H,6,7).